The molecule has 7 heteroatoms. The van der Waals surface area contributed by atoms with Crippen molar-refractivity contribution in [1.82, 2.24) is 15.0 Å². The molecule has 3 N–H and O–H groups in total. The molecule has 16 heavy (non-hydrogen) atoms. The topological polar surface area (TPSA) is 67.6 Å². The predicted molar refractivity (Wildman–Crippen MR) is 69.7 cm³/mol. The molecular weight excluding hydrogens is 342 g/mol. The van der Waals surface area contributed by atoms with Gasteiger partial charge in [0.1, 0.15) is 11.6 Å². The molecule has 2 rings (SSSR count). The van der Waals surface area contributed by atoms with E-state index < -0.39 is 0 Å². The molecule has 1 aromatic carbocycles. The smallest absolute Gasteiger partial charge is 0.224 e. The molecule has 0 fully saturated rings. The molecule has 0 aliphatic heterocycles. The number of anilines is 1. The van der Waals surface area contributed by atoms with E-state index in [1.165, 1.54) is 12.1 Å². The maximum absolute atomic E-state index is 12.9. The van der Waals surface area contributed by atoms with Crippen LogP contribution < -0.4 is 5.73 Å². The van der Waals surface area contributed by atoms with Gasteiger partial charge in [-0.1, -0.05) is 0 Å². The van der Waals surface area contributed by atoms with Crippen molar-refractivity contribution >= 4 is 40.8 Å². The number of hydrogen-bond donors (Lipinski definition) is 2. The van der Waals surface area contributed by atoms with Crippen LogP contribution in [0.5, 0.6) is 0 Å². The molecular formula is C9H6FIN4S. The first-order valence-corrected chi connectivity index (χ1v) is 5.74. The Kier molecular flexibility index (Phi) is 3.15. The van der Waals surface area contributed by atoms with E-state index in [4.69, 9.17) is 18.0 Å². The minimum Gasteiger partial charge on any atom is -0.369 e. The number of halogens is 2. The van der Waals surface area contributed by atoms with Gasteiger partial charge in [0, 0.05) is 9.13 Å². The summed E-state index contributed by atoms with van der Waals surface area (Å²) >= 11 is 6.88. The van der Waals surface area contributed by atoms with Crippen LogP contribution in [0.2, 0.25) is 0 Å². The zero-order valence-electron chi connectivity index (χ0n) is 7.87. The van der Waals surface area contributed by atoms with Crippen molar-refractivity contribution in [3.8, 4) is 11.4 Å². The third kappa shape index (κ3) is 2.35. The number of aromatic amines is 1. The van der Waals surface area contributed by atoms with Gasteiger partial charge in [-0.15, -0.1) is 0 Å². The van der Waals surface area contributed by atoms with Crippen molar-refractivity contribution in [2.75, 3.05) is 5.73 Å². The van der Waals surface area contributed by atoms with Crippen molar-refractivity contribution in [3.05, 3.63) is 32.4 Å². The van der Waals surface area contributed by atoms with Gasteiger partial charge in [-0.25, -0.2) is 9.37 Å². The Morgan fingerprint density at radius 2 is 2.12 bits per heavy atom. The quantitative estimate of drug-likeness (QED) is 0.614. The standard InChI is InChI=1S/C9H6FIN4S/c10-4-1-2-5(6(11)3-4)7-13-8(12)15-9(16)14-7/h1-3H,(H3,12,13,14,15,16). The zero-order valence-corrected chi connectivity index (χ0v) is 10.8. The molecule has 2 aromatic rings. The number of nitrogens with two attached hydrogens (primary N) is 1. The highest BCUT2D eigenvalue weighted by Gasteiger charge is 2.07. The molecule has 0 amide bonds. The second-order valence-electron chi connectivity index (χ2n) is 2.99. The molecule has 1 aromatic heterocycles. The summed E-state index contributed by atoms with van der Waals surface area (Å²) in [5.74, 6) is 0.380. The highest BCUT2D eigenvalue weighted by atomic mass is 127. The fourth-order valence-corrected chi connectivity index (χ4v) is 2.13. The Balaban J connectivity index is 2.63. The lowest BCUT2D eigenvalue weighted by atomic mass is 10.2. The predicted octanol–water partition coefficient (Wildman–Crippen LogP) is 2.53. The molecule has 0 aliphatic rings. The molecule has 0 saturated heterocycles. The van der Waals surface area contributed by atoms with Crippen molar-refractivity contribution in [2.24, 2.45) is 0 Å². The molecule has 0 atom stereocenters. The monoisotopic (exact) mass is 348 g/mol. The summed E-state index contributed by atoms with van der Waals surface area (Å²) in [6.07, 6.45) is 0. The number of aromatic nitrogens is 3. The number of nitrogen functional groups attached to an aromatic ring is 1. The molecule has 0 bridgehead atoms. The van der Waals surface area contributed by atoms with Gasteiger partial charge in [0.25, 0.3) is 0 Å². The van der Waals surface area contributed by atoms with E-state index in [0.717, 1.165) is 9.13 Å². The van der Waals surface area contributed by atoms with Crippen LogP contribution in [0.1, 0.15) is 0 Å². The summed E-state index contributed by atoms with van der Waals surface area (Å²) in [6.45, 7) is 0. The van der Waals surface area contributed by atoms with E-state index in [2.05, 4.69) is 15.0 Å². The normalized spacial score (nSPS) is 10.4. The highest BCUT2D eigenvalue weighted by Crippen LogP contribution is 2.22. The molecule has 1 heterocycles. The number of H-pyrrole nitrogens is 1. The van der Waals surface area contributed by atoms with E-state index in [0.29, 0.717) is 5.82 Å². The summed E-state index contributed by atoms with van der Waals surface area (Å²) in [5, 5.41) is 0. The van der Waals surface area contributed by atoms with Crippen LogP contribution in [0.25, 0.3) is 11.4 Å². The highest BCUT2D eigenvalue weighted by molar-refractivity contribution is 14.1. The summed E-state index contributed by atoms with van der Waals surface area (Å²) in [7, 11) is 0. The lowest BCUT2D eigenvalue weighted by Crippen LogP contribution is -2.00. The lowest BCUT2D eigenvalue weighted by Gasteiger charge is -2.04. The number of benzene rings is 1. The zero-order chi connectivity index (χ0) is 11.7. The summed E-state index contributed by atoms with van der Waals surface area (Å²) < 4.78 is 13.8. The third-order valence-corrected chi connectivity index (χ3v) is 2.93. The first-order chi connectivity index (χ1) is 7.56. The number of nitrogens with one attached hydrogen (secondary N) is 1. The van der Waals surface area contributed by atoms with Crippen molar-refractivity contribution in [2.45, 2.75) is 0 Å². The molecule has 0 aliphatic carbocycles. The van der Waals surface area contributed by atoms with Crippen LogP contribution in [-0.2, 0) is 0 Å². The SMILES string of the molecule is Nc1nc(=S)nc(-c2ccc(F)cc2I)[nH]1. The van der Waals surface area contributed by atoms with Crippen molar-refractivity contribution < 1.29 is 4.39 Å². The summed E-state index contributed by atoms with van der Waals surface area (Å²) in [4.78, 5) is 10.6. The average Bonchev–Trinajstić information content (AvgIpc) is 2.15. The summed E-state index contributed by atoms with van der Waals surface area (Å²) in [5.41, 5.74) is 6.27. The minimum atomic E-state index is -0.297. The van der Waals surface area contributed by atoms with Crippen LogP contribution in [0.15, 0.2) is 18.2 Å². The molecule has 0 spiro atoms. The fourth-order valence-electron chi connectivity index (χ4n) is 1.21. The largest absolute Gasteiger partial charge is 0.369 e. The van der Waals surface area contributed by atoms with Gasteiger partial charge >= 0.3 is 0 Å². The van der Waals surface area contributed by atoms with Gasteiger partial charge in [-0.05, 0) is 53.0 Å². The van der Waals surface area contributed by atoms with Crippen LogP contribution in [0.4, 0.5) is 10.3 Å². The number of rotatable bonds is 1. The Morgan fingerprint density at radius 3 is 2.75 bits per heavy atom. The van der Waals surface area contributed by atoms with Gasteiger partial charge in [-0.3, -0.25) is 0 Å². The van der Waals surface area contributed by atoms with Crippen LogP contribution in [0, 0.1) is 14.2 Å². The Bertz CT molecular complexity index is 598. The minimum absolute atomic E-state index is 0.159. The summed E-state index contributed by atoms with van der Waals surface area (Å²) in [6, 6.07) is 4.38. The van der Waals surface area contributed by atoms with Gasteiger partial charge < -0.3 is 10.7 Å². The maximum atomic E-state index is 12.9. The van der Waals surface area contributed by atoms with E-state index in [1.807, 2.05) is 22.6 Å². The maximum Gasteiger partial charge on any atom is 0.224 e. The van der Waals surface area contributed by atoms with E-state index in [-0.39, 0.29) is 16.5 Å². The second-order valence-corrected chi connectivity index (χ2v) is 4.52. The molecule has 0 radical (unpaired) electrons. The second kappa shape index (κ2) is 4.42. The van der Waals surface area contributed by atoms with Gasteiger partial charge in [0.05, 0.1) is 0 Å². The Hall–Kier alpha value is -1.09. The van der Waals surface area contributed by atoms with Gasteiger partial charge in [0.2, 0.25) is 10.7 Å². The molecule has 82 valence electrons. The molecule has 4 nitrogen and oxygen atoms in total. The third-order valence-electron chi connectivity index (χ3n) is 1.86. The first kappa shape index (κ1) is 11.4. The Morgan fingerprint density at radius 1 is 1.38 bits per heavy atom. The number of nitrogens with zero attached hydrogens (tertiary/aromatic N) is 2. The first-order valence-electron chi connectivity index (χ1n) is 4.25. The molecule has 0 unspecified atom stereocenters. The number of hydrogen-bond acceptors (Lipinski definition) is 4. The van der Waals surface area contributed by atoms with Gasteiger partial charge in [0.15, 0.2) is 0 Å². The Labute approximate surface area is 109 Å². The van der Waals surface area contributed by atoms with Crippen LogP contribution >= 0.6 is 34.8 Å². The van der Waals surface area contributed by atoms with Gasteiger partial charge in [-0.2, -0.15) is 4.98 Å². The van der Waals surface area contributed by atoms with Crippen molar-refractivity contribution in [3.63, 3.8) is 0 Å². The van der Waals surface area contributed by atoms with E-state index in [9.17, 15) is 4.39 Å². The molecule has 0 saturated carbocycles. The van der Waals surface area contributed by atoms with Crippen molar-refractivity contribution in [1.29, 1.82) is 0 Å². The fraction of sp³-hybridized carbons (Fsp3) is 0. The average molecular weight is 348 g/mol. The van der Waals surface area contributed by atoms with E-state index >= 15 is 0 Å². The van der Waals surface area contributed by atoms with Crippen LogP contribution in [0.3, 0.4) is 0 Å². The van der Waals surface area contributed by atoms with E-state index in [1.54, 1.807) is 6.07 Å². The van der Waals surface area contributed by atoms with Crippen LogP contribution in [-0.4, -0.2) is 15.0 Å². The lowest BCUT2D eigenvalue weighted by molar-refractivity contribution is 0.627.